The van der Waals surface area contributed by atoms with Crippen molar-refractivity contribution < 1.29 is 14.3 Å². The van der Waals surface area contributed by atoms with Crippen LogP contribution in [0.2, 0.25) is 0 Å². The van der Waals surface area contributed by atoms with Gasteiger partial charge in [0.15, 0.2) is 0 Å². The minimum atomic E-state index is -0.301. The van der Waals surface area contributed by atoms with Gasteiger partial charge in [-0.3, -0.25) is 4.90 Å². The molecule has 0 saturated carbocycles. The van der Waals surface area contributed by atoms with Gasteiger partial charge in [-0.2, -0.15) is 5.26 Å². The molecule has 0 aliphatic carbocycles. The third-order valence-electron chi connectivity index (χ3n) is 5.19. The van der Waals surface area contributed by atoms with Crippen LogP contribution in [0.25, 0.3) is 0 Å². The lowest BCUT2D eigenvalue weighted by molar-refractivity contribution is -0.0296. The molecule has 0 radical (unpaired) electrons. The Balaban J connectivity index is 1.60. The van der Waals surface area contributed by atoms with Crippen LogP contribution in [0, 0.1) is 11.3 Å². The van der Waals surface area contributed by atoms with Crippen molar-refractivity contribution in [2.75, 3.05) is 32.8 Å². The van der Waals surface area contributed by atoms with E-state index in [-0.39, 0.29) is 24.3 Å². The molecule has 0 spiro atoms. The SMILES string of the molecule is CC(C)(C)OCCOC(=O)N1CCN(Cc2ccc(C#N)cc2)C(Cc2cnc[nH]2)C1. The molecule has 8 heteroatoms. The zero-order chi connectivity index (χ0) is 22.3. The van der Waals surface area contributed by atoms with Crippen LogP contribution in [0.15, 0.2) is 36.8 Å². The molecule has 2 aromatic rings. The van der Waals surface area contributed by atoms with E-state index in [4.69, 9.17) is 14.7 Å². The number of imidazole rings is 1. The number of aromatic amines is 1. The Morgan fingerprint density at radius 1 is 1.26 bits per heavy atom. The Bertz CT molecular complexity index is 868. The number of nitrogens with zero attached hydrogens (tertiary/aromatic N) is 4. The maximum absolute atomic E-state index is 12.6. The first kappa shape index (κ1) is 22.8. The summed E-state index contributed by atoms with van der Waals surface area (Å²) in [6.07, 6.45) is 3.95. The van der Waals surface area contributed by atoms with Gasteiger partial charge in [0.1, 0.15) is 6.61 Å². The molecule has 1 aromatic carbocycles. The lowest BCUT2D eigenvalue weighted by Crippen LogP contribution is -2.55. The summed E-state index contributed by atoms with van der Waals surface area (Å²) in [4.78, 5) is 24.0. The van der Waals surface area contributed by atoms with Gasteiger partial charge in [-0.05, 0) is 38.5 Å². The van der Waals surface area contributed by atoms with E-state index >= 15 is 0 Å². The number of ether oxygens (including phenoxy) is 2. The molecule has 166 valence electrons. The van der Waals surface area contributed by atoms with Crippen LogP contribution in [-0.4, -0.2) is 70.4 Å². The highest BCUT2D eigenvalue weighted by molar-refractivity contribution is 5.67. The van der Waals surface area contributed by atoms with E-state index < -0.39 is 0 Å². The van der Waals surface area contributed by atoms with Crippen molar-refractivity contribution in [3.05, 3.63) is 53.6 Å². The van der Waals surface area contributed by atoms with Gasteiger partial charge in [-0.15, -0.1) is 0 Å². The predicted molar refractivity (Wildman–Crippen MR) is 116 cm³/mol. The molecule has 1 saturated heterocycles. The van der Waals surface area contributed by atoms with Gasteiger partial charge in [0.2, 0.25) is 0 Å². The van der Waals surface area contributed by atoms with Crippen LogP contribution in [-0.2, 0) is 22.4 Å². The smallest absolute Gasteiger partial charge is 0.409 e. The minimum absolute atomic E-state index is 0.128. The molecule has 1 atom stereocenters. The van der Waals surface area contributed by atoms with Gasteiger partial charge in [-0.1, -0.05) is 12.1 Å². The minimum Gasteiger partial charge on any atom is -0.447 e. The maximum atomic E-state index is 12.6. The summed E-state index contributed by atoms with van der Waals surface area (Å²) in [5, 5.41) is 9.01. The summed E-state index contributed by atoms with van der Waals surface area (Å²) in [6.45, 7) is 9.23. The molecule has 0 bridgehead atoms. The van der Waals surface area contributed by atoms with Crippen molar-refractivity contribution in [1.82, 2.24) is 19.8 Å². The van der Waals surface area contributed by atoms with E-state index in [1.165, 1.54) is 0 Å². The number of amides is 1. The Morgan fingerprint density at radius 3 is 2.68 bits per heavy atom. The lowest BCUT2D eigenvalue weighted by atomic mass is 10.0. The molecule has 3 rings (SSSR count). The van der Waals surface area contributed by atoms with Crippen LogP contribution >= 0.6 is 0 Å². The largest absolute Gasteiger partial charge is 0.447 e. The van der Waals surface area contributed by atoms with Gasteiger partial charge in [0, 0.05) is 50.5 Å². The molecule has 1 N–H and O–H groups in total. The molecule has 1 aliphatic heterocycles. The zero-order valence-electron chi connectivity index (χ0n) is 18.5. The molecule has 8 nitrogen and oxygen atoms in total. The van der Waals surface area contributed by atoms with Crippen LogP contribution in [0.3, 0.4) is 0 Å². The van der Waals surface area contributed by atoms with Crippen molar-refractivity contribution >= 4 is 6.09 Å². The highest BCUT2D eigenvalue weighted by atomic mass is 16.6. The van der Waals surface area contributed by atoms with E-state index in [1.807, 2.05) is 51.2 Å². The number of piperazine rings is 1. The quantitative estimate of drug-likeness (QED) is 0.686. The number of hydrogen-bond acceptors (Lipinski definition) is 6. The first-order chi connectivity index (χ1) is 14.8. The van der Waals surface area contributed by atoms with Crippen molar-refractivity contribution in [2.45, 2.75) is 45.4 Å². The number of nitrogens with one attached hydrogen (secondary N) is 1. The van der Waals surface area contributed by atoms with Crippen molar-refractivity contribution in [1.29, 1.82) is 5.26 Å². The second kappa shape index (κ2) is 10.4. The molecule has 1 amide bonds. The van der Waals surface area contributed by atoms with Gasteiger partial charge in [0.25, 0.3) is 0 Å². The van der Waals surface area contributed by atoms with Gasteiger partial charge in [-0.25, -0.2) is 9.78 Å². The summed E-state index contributed by atoms with van der Waals surface area (Å²) in [7, 11) is 0. The first-order valence-electron chi connectivity index (χ1n) is 10.6. The predicted octanol–water partition coefficient (Wildman–Crippen LogP) is 2.96. The highest BCUT2D eigenvalue weighted by Gasteiger charge is 2.30. The van der Waals surface area contributed by atoms with E-state index in [2.05, 4.69) is 20.9 Å². The van der Waals surface area contributed by atoms with E-state index in [9.17, 15) is 4.79 Å². The maximum Gasteiger partial charge on any atom is 0.409 e. The Hall–Kier alpha value is -2.89. The molecule has 31 heavy (non-hydrogen) atoms. The number of carbonyl (C=O) groups is 1. The van der Waals surface area contributed by atoms with Crippen LogP contribution in [0.5, 0.6) is 0 Å². The normalized spacial score (nSPS) is 17.4. The van der Waals surface area contributed by atoms with Crippen LogP contribution in [0.1, 0.15) is 37.6 Å². The molecule has 1 fully saturated rings. The number of H-pyrrole nitrogens is 1. The van der Waals surface area contributed by atoms with E-state index in [0.717, 1.165) is 30.8 Å². The summed E-state index contributed by atoms with van der Waals surface area (Å²) < 4.78 is 11.1. The number of nitriles is 1. The Labute approximate surface area is 183 Å². The van der Waals surface area contributed by atoms with Crippen LogP contribution in [0.4, 0.5) is 4.79 Å². The fourth-order valence-corrected chi connectivity index (χ4v) is 3.60. The molecule has 1 unspecified atom stereocenters. The third kappa shape index (κ3) is 7.09. The van der Waals surface area contributed by atoms with Crippen molar-refractivity contribution in [2.24, 2.45) is 0 Å². The van der Waals surface area contributed by atoms with Gasteiger partial charge >= 0.3 is 6.09 Å². The summed E-state index contributed by atoms with van der Waals surface area (Å²) >= 11 is 0. The molecule has 1 aromatic heterocycles. The Morgan fingerprint density at radius 2 is 2.03 bits per heavy atom. The fraction of sp³-hybridized carbons (Fsp3) is 0.522. The molecule has 1 aliphatic rings. The number of aromatic nitrogens is 2. The van der Waals surface area contributed by atoms with E-state index in [1.54, 1.807) is 11.2 Å². The lowest BCUT2D eigenvalue weighted by Gasteiger charge is -2.41. The number of rotatable bonds is 7. The Kier molecular flexibility index (Phi) is 7.66. The van der Waals surface area contributed by atoms with Gasteiger partial charge in [0.05, 0.1) is 30.2 Å². The average Bonchev–Trinajstić information content (AvgIpc) is 3.25. The summed E-state index contributed by atoms with van der Waals surface area (Å²) in [5.41, 5.74) is 2.58. The topological polar surface area (TPSA) is 94.5 Å². The standard InChI is InChI=1S/C23H31N5O3/c1-23(2,3)31-11-10-30-22(29)28-9-8-27(15-19-6-4-18(13-24)5-7-19)21(16-28)12-20-14-25-17-26-20/h4-7,14,17,21H,8-12,15-16H2,1-3H3,(H,25,26). The molecule has 2 heterocycles. The second-order valence-corrected chi connectivity index (χ2v) is 8.74. The second-order valence-electron chi connectivity index (χ2n) is 8.74. The van der Waals surface area contributed by atoms with Crippen LogP contribution < -0.4 is 0 Å². The summed E-state index contributed by atoms with van der Waals surface area (Å²) in [6, 6.07) is 9.94. The third-order valence-corrected chi connectivity index (χ3v) is 5.19. The number of benzene rings is 1. The highest BCUT2D eigenvalue weighted by Crippen LogP contribution is 2.18. The van der Waals surface area contributed by atoms with E-state index in [0.29, 0.717) is 25.3 Å². The summed E-state index contributed by atoms with van der Waals surface area (Å²) in [5.74, 6) is 0. The number of hydrogen-bond donors (Lipinski definition) is 1. The van der Waals surface area contributed by atoms with Gasteiger partial charge < -0.3 is 19.4 Å². The molecular weight excluding hydrogens is 394 g/mol. The fourth-order valence-electron chi connectivity index (χ4n) is 3.60. The van der Waals surface area contributed by atoms with Crippen molar-refractivity contribution in [3.63, 3.8) is 0 Å². The first-order valence-corrected chi connectivity index (χ1v) is 10.6. The van der Waals surface area contributed by atoms with Crippen molar-refractivity contribution in [3.8, 4) is 6.07 Å². The molecular formula is C23H31N5O3. The average molecular weight is 426 g/mol. The monoisotopic (exact) mass is 425 g/mol. The number of carbonyl (C=O) groups excluding carboxylic acids is 1. The zero-order valence-corrected chi connectivity index (χ0v) is 18.5.